The number of benzene rings is 2. The summed E-state index contributed by atoms with van der Waals surface area (Å²) in [7, 11) is 0. The Morgan fingerprint density at radius 2 is 1.90 bits per heavy atom. The lowest BCUT2D eigenvalue weighted by atomic mass is 10.2. The van der Waals surface area contributed by atoms with Gasteiger partial charge >= 0.3 is 0 Å². The van der Waals surface area contributed by atoms with E-state index in [4.69, 9.17) is 11.6 Å². The van der Waals surface area contributed by atoms with Crippen LogP contribution in [0.1, 0.15) is 27.3 Å². The Morgan fingerprint density at radius 1 is 1.13 bits per heavy atom. The summed E-state index contributed by atoms with van der Waals surface area (Å²) in [5.41, 5.74) is 5.62. The van der Waals surface area contributed by atoms with E-state index in [1.54, 1.807) is 0 Å². The molecule has 31 heavy (non-hydrogen) atoms. The van der Waals surface area contributed by atoms with Crippen molar-refractivity contribution in [3.8, 4) is 0 Å². The minimum absolute atomic E-state index is 0.0732. The van der Waals surface area contributed by atoms with Gasteiger partial charge in [-0.15, -0.1) is 5.10 Å². The van der Waals surface area contributed by atoms with Crippen molar-refractivity contribution < 1.29 is 4.79 Å². The van der Waals surface area contributed by atoms with Gasteiger partial charge in [0.1, 0.15) is 0 Å². The second-order valence-electron chi connectivity index (χ2n) is 7.44. The molecule has 5 aromatic rings. The van der Waals surface area contributed by atoms with Crippen molar-refractivity contribution in [2.45, 2.75) is 25.5 Å². The number of halogens is 1. The minimum atomic E-state index is 0.0732. The third-order valence-corrected chi connectivity index (χ3v) is 6.80. The number of nitrogens with one attached hydrogen (secondary N) is 1. The van der Waals surface area contributed by atoms with Gasteiger partial charge in [0.15, 0.2) is 10.9 Å². The molecule has 3 aromatic heterocycles. The monoisotopic (exact) mass is 449 g/mol. The molecule has 156 valence electrons. The summed E-state index contributed by atoms with van der Waals surface area (Å²) in [5, 5.41) is 8.75. The van der Waals surface area contributed by atoms with Crippen molar-refractivity contribution in [2.24, 2.45) is 0 Å². The number of para-hydroxylation sites is 2. The molecule has 0 radical (unpaired) electrons. The van der Waals surface area contributed by atoms with E-state index in [0.29, 0.717) is 18.1 Å². The Bertz CT molecular complexity index is 1430. The van der Waals surface area contributed by atoms with Crippen molar-refractivity contribution in [3.63, 3.8) is 0 Å². The number of aromatic amines is 1. The van der Waals surface area contributed by atoms with E-state index in [0.717, 1.165) is 43.7 Å². The molecule has 0 aliphatic rings. The van der Waals surface area contributed by atoms with Crippen LogP contribution in [0.15, 0.2) is 59.8 Å². The normalized spacial score (nSPS) is 11.6. The number of H-pyrrole nitrogens is 1. The first-order valence-corrected chi connectivity index (χ1v) is 11.3. The van der Waals surface area contributed by atoms with Crippen molar-refractivity contribution in [1.82, 2.24) is 24.1 Å². The van der Waals surface area contributed by atoms with Crippen LogP contribution in [0.4, 0.5) is 0 Å². The SMILES string of the molecule is Cc1cc(C(=O)CSc2n[nH]c3nc4ccccc4n23)c(C)n1Cc1ccccc1Cl. The van der Waals surface area contributed by atoms with Gasteiger partial charge in [-0.05, 0) is 43.7 Å². The molecule has 1 N–H and O–H groups in total. The van der Waals surface area contributed by atoms with E-state index in [2.05, 4.69) is 19.7 Å². The summed E-state index contributed by atoms with van der Waals surface area (Å²) in [6.45, 7) is 4.64. The molecule has 0 saturated heterocycles. The molecule has 0 amide bonds. The van der Waals surface area contributed by atoms with Crippen molar-refractivity contribution in [1.29, 1.82) is 0 Å². The average Bonchev–Trinajstić information content (AvgIpc) is 3.41. The Kier molecular flexibility index (Phi) is 5.08. The molecule has 0 unspecified atom stereocenters. The Morgan fingerprint density at radius 3 is 2.74 bits per heavy atom. The van der Waals surface area contributed by atoms with Crippen LogP contribution in [0.5, 0.6) is 0 Å². The van der Waals surface area contributed by atoms with Gasteiger partial charge < -0.3 is 4.57 Å². The molecule has 0 atom stereocenters. The molecule has 2 aromatic carbocycles. The lowest BCUT2D eigenvalue weighted by Gasteiger charge is -2.11. The summed E-state index contributed by atoms with van der Waals surface area (Å²) >= 11 is 7.74. The highest BCUT2D eigenvalue weighted by atomic mass is 35.5. The number of hydrogen-bond acceptors (Lipinski definition) is 4. The van der Waals surface area contributed by atoms with Gasteiger partial charge in [0, 0.05) is 28.5 Å². The fraction of sp³-hybridized carbons (Fsp3) is 0.174. The van der Waals surface area contributed by atoms with Gasteiger partial charge in [0.2, 0.25) is 5.78 Å². The van der Waals surface area contributed by atoms with Crippen LogP contribution in [0, 0.1) is 13.8 Å². The highest BCUT2D eigenvalue weighted by Crippen LogP contribution is 2.26. The number of imidazole rings is 1. The summed E-state index contributed by atoms with van der Waals surface area (Å²) in [6, 6.07) is 17.6. The highest BCUT2D eigenvalue weighted by molar-refractivity contribution is 7.99. The minimum Gasteiger partial charge on any atom is -0.344 e. The number of Topliss-reactive ketones (excluding diaryl/α,β-unsaturated/α-hetero) is 1. The van der Waals surface area contributed by atoms with E-state index in [-0.39, 0.29) is 5.78 Å². The first kappa shape index (κ1) is 19.9. The predicted molar refractivity (Wildman–Crippen MR) is 124 cm³/mol. The summed E-state index contributed by atoms with van der Waals surface area (Å²) in [4.78, 5) is 17.6. The zero-order valence-electron chi connectivity index (χ0n) is 17.1. The van der Waals surface area contributed by atoms with Gasteiger partial charge in [-0.25, -0.2) is 10.1 Å². The first-order valence-electron chi connectivity index (χ1n) is 9.90. The van der Waals surface area contributed by atoms with Crippen LogP contribution in [-0.2, 0) is 6.54 Å². The van der Waals surface area contributed by atoms with E-state index in [9.17, 15) is 4.79 Å². The Balaban J connectivity index is 1.38. The van der Waals surface area contributed by atoms with Gasteiger partial charge in [-0.2, -0.15) is 0 Å². The van der Waals surface area contributed by atoms with Crippen LogP contribution >= 0.6 is 23.4 Å². The standard InChI is InChI=1S/C23H20ClN5OS/c1-14-11-17(15(2)28(14)12-16-7-3-4-8-18(16)24)21(30)13-31-23-27-26-22-25-19-9-5-6-10-20(19)29(22)23/h3-11H,12-13H2,1-2H3,(H,25,26). The topological polar surface area (TPSA) is 68.0 Å². The third-order valence-electron chi connectivity index (χ3n) is 5.50. The van der Waals surface area contributed by atoms with Crippen LogP contribution in [-0.4, -0.2) is 35.7 Å². The Hall–Kier alpha value is -3.03. The number of ketones is 1. The molecule has 5 rings (SSSR count). The maximum Gasteiger partial charge on any atom is 0.231 e. The van der Waals surface area contributed by atoms with Crippen LogP contribution in [0.3, 0.4) is 0 Å². The maximum absolute atomic E-state index is 13.1. The third kappa shape index (κ3) is 3.54. The number of carbonyl (C=O) groups excluding carboxylic acids is 1. The smallest absolute Gasteiger partial charge is 0.231 e. The zero-order valence-corrected chi connectivity index (χ0v) is 18.7. The van der Waals surface area contributed by atoms with Crippen molar-refractivity contribution in [3.05, 3.63) is 82.1 Å². The summed E-state index contributed by atoms with van der Waals surface area (Å²) in [6.07, 6.45) is 0. The number of aromatic nitrogens is 5. The first-order chi connectivity index (χ1) is 15.0. The second kappa shape index (κ2) is 7.90. The zero-order chi connectivity index (χ0) is 21.5. The molecule has 0 bridgehead atoms. The van der Waals surface area contributed by atoms with Gasteiger partial charge in [-0.3, -0.25) is 9.20 Å². The number of aryl methyl sites for hydroxylation is 1. The van der Waals surface area contributed by atoms with E-state index >= 15 is 0 Å². The van der Waals surface area contributed by atoms with E-state index in [1.165, 1.54) is 11.8 Å². The largest absolute Gasteiger partial charge is 0.344 e. The van der Waals surface area contributed by atoms with Crippen LogP contribution < -0.4 is 0 Å². The molecule has 8 heteroatoms. The summed E-state index contributed by atoms with van der Waals surface area (Å²) < 4.78 is 4.09. The quantitative estimate of drug-likeness (QED) is 0.282. The molecule has 3 heterocycles. The highest BCUT2D eigenvalue weighted by Gasteiger charge is 2.19. The number of nitrogens with zero attached hydrogens (tertiary/aromatic N) is 4. The fourth-order valence-electron chi connectivity index (χ4n) is 3.87. The lowest BCUT2D eigenvalue weighted by molar-refractivity contribution is 0.102. The number of rotatable bonds is 6. The molecular formula is C23H20ClN5OS. The lowest BCUT2D eigenvalue weighted by Crippen LogP contribution is -2.08. The Labute approximate surface area is 188 Å². The summed E-state index contributed by atoms with van der Waals surface area (Å²) in [5.74, 6) is 1.04. The van der Waals surface area contributed by atoms with Gasteiger partial charge in [0.05, 0.1) is 16.8 Å². The molecule has 0 aliphatic carbocycles. The number of thioether (sulfide) groups is 1. The van der Waals surface area contributed by atoms with Crippen molar-refractivity contribution >= 4 is 46.0 Å². The maximum atomic E-state index is 13.1. The number of carbonyl (C=O) groups is 1. The van der Waals surface area contributed by atoms with E-state index < -0.39 is 0 Å². The van der Waals surface area contributed by atoms with Crippen LogP contribution in [0.2, 0.25) is 5.02 Å². The fourth-order valence-corrected chi connectivity index (χ4v) is 4.91. The van der Waals surface area contributed by atoms with Crippen molar-refractivity contribution in [2.75, 3.05) is 5.75 Å². The number of hydrogen-bond donors (Lipinski definition) is 1. The predicted octanol–water partition coefficient (Wildman–Crippen LogP) is 5.31. The van der Waals surface area contributed by atoms with E-state index in [1.807, 2.05) is 72.8 Å². The molecular weight excluding hydrogens is 430 g/mol. The van der Waals surface area contributed by atoms with Gasteiger partial charge in [0.25, 0.3) is 0 Å². The molecule has 6 nitrogen and oxygen atoms in total. The second-order valence-corrected chi connectivity index (χ2v) is 8.79. The molecule has 0 fully saturated rings. The molecule has 0 saturated carbocycles. The molecule has 0 spiro atoms. The number of fused-ring (bicyclic) bond motifs is 3. The van der Waals surface area contributed by atoms with Crippen LogP contribution in [0.25, 0.3) is 16.8 Å². The molecule has 0 aliphatic heterocycles. The average molecular weight is 450 g/mol. The van der Waals surface area contributed by atoms with Gasteiger partial charge in [-0.1, -0.05) is 53.7 Å².